The van der Waals surface area contributed by atoms with Crippen LogP contribution in [0.15, 0.2) is 0 Å². The van der Waals surface area contributed by atoms with Gasteiger partial charge in [0.1, 0.15) is 12.4 Å². The van der Waals surface area contributed by atoms with E-state index in [1.54, 1.807) is 0 Å². The lowest BCUT2D eigenvalue weighted by Gasteiger charge is -2.49. The second kappa shape index (κ2) is 10.3. The molecule has 5 fully saturated rings. The zero-order chi connectivity index (χ0) is 21.2. The Morgan fingerprint density at radius 1 is 0.839 bits per heavy atom. The number of methoxy groups -OCH3 is 1. The Labute approximate surface area is 188 Å². The molecule has 10 unspecified atom stereocenters. The highest BCUT2D eigenvalue weighted by Crippen LogP contribution is 2.34. The van der Waals surface area contributed by atoms with Gasteiger partial charge in [-0.3, -0.25) is 16.0 Å². The summed E-state index contributed by atoms with van der Waals surface area (Å²) in [7, 11) is 1.86. The number of hydrazine groups is 1. The molecule has 2 aliphatic heterocycles. The van der Waals surface area contributed by atoms with Crippen LogP contribution in [0.5, 0.6) is 0 Å². The molecule has 2 saturated heterocycles. The van der Waals surface area contributed by atoms with Crippen LogP contribution in [0.4, 0.5) is 0 Å². The monoisotopic (exact) mass is 435 g/mol. The van der Waals surface area contributed by atoms with E-state index in [1.165, 1.54) is 70.6 Å². The molecule has 5 aliphatic rings. The molecule has 5 N–H and O–H groups in total. The first kappa shape index (κ1) is 22.5. The van der Waals surface area contributed by atoms with Crippen LogP contribution in [0.2, 0.25) is 0 Å². The standard InChI is InChI=1S/C24H45N5O2/c1-15-7-5-8-16(13-15)23-28-29-24(31-23)22-26-20-12-4-3-11-19(20)21(27-22)25-17-9-6-10-18(14-17)30-2/h15-29H,3-14H2,1-2H3. The molecule has 0 spiro atoms. The van der Waals surface area contributed by atoms with Crippen LogP contribution in [-0.4, -0.2) is 50.1 Å². The predicted octanol–water partition coefficient (Wildman–Crippen LogP) is 2.54. The summed E-state index contributed by atoms with van der Waals surface area (Å²) < 4.78 is 12.2. The molecule has 178 valence electrons. The van der Waals surface area contributed by atoms with Crippen LogP contribution < -0.4 is 26.8 Å². The molecule has 0 bridgehead atoms. The lowest BCUT2D eigenvalue weighted by Crippen LogP contribution is -2.73. The quantitative estimate of drug-likeness (QED) is 0.454. The molecule has 0 aromatic rings. The molecule has 5 rings (SSSR count). The minimum atomic E-state index is -0.0347. The number of ether oxygens (including phenoxy) is 2. The highest BCUT2D eigenvalue weighted by atomic mass is 16.6. The SMILES string of the molecule is COC1CCCC(NC2NC(C3NNC(C4CCCC(C)C4)O3)NC3CCCCC32)C1. The van der Waals surface area contributed by atoms with Gasteiger partial charge in [-0.25, -0.2) is 10.9 Å². The molecular weight excluding hydrogens is 390 g/mol. The fourth-order valence-corrected chi connectivity index (χ4v) is 7.01. The van der Waals surface area contributed by atoms with E-state index >= 15 is 0 Å². The number of nitrogens with one attached hydrogen (secondary N) is 5. The van der Waals surface area contributed by atoms with Crippen molar-refractivity contribution < 1.29 is 9.47 Å². The van der Waals surface area contributed by atoms with Gasteiger partial charge in [0.25, 0.3) is 0 Å². The zero-order valence-corrected chi connectivity index (χ0v) is 19.6. The van der Waals surface area contributed by atoms with Crippen molar-refractivity contribution in [1.82, 2.24) is 26.8 Å². The third-order valence-electron chi connectivity index (χ3n) is 8.74. The van der Waals surface area contributed by atoms with Crippen LogP contribution in [0.3, 0.4) is 0 Å². The molecule has 3 aliphatic carbocycles. The zero-order valence-electron chi connectivity index (χ0n) is 19.6. The number of hydrogen-bond acceptors (Lipinski definition) is 7. The van der Waals surface area contributed by atoms with Gasteiger partial charge in [-0.05, 0) is 57.3 Å². The van der Waals surface area contributed by atoms with E-state index in [0.717, 1.165) is 12.3 Å². The smallest absolute Gasteiger partial charge is 0.151 e. The van der Waals surface area contributed by atoms with Gasteiger partial charge in [-0.2, -0.15) is 0 Å². The average Bonchev–Trinajstić information content (AvgIpc) is 3.30. The van der Waals surface area contributed by atoms with E-state index in [-0.39, 0.29) is 18.6 Å². The summed E-state index contributed by atoms with van der Waals surface area (Å²) in [4.78, 5) is 0. The highest BCUT2D eigenvalue weighted by molar-refractivity contribution is 4.99. The van der Waals surface area contributed by atoms with E-state index in [4.69, 9.17) is 9.47 Å². The van der Waals surface area contributed by atoms with Crippen LogP contribution in [0.25, 0.3) is 0 Å². The normalized spacial score (nSPS) is 49.0. The molecule has 10 atom stereocenters. The van der Waals surface area contributed by atoms with Crippen LogP contribution in [0, 0.1) is 17.8 Å². The fraction of sp³-hybridized carbons (Fsp3) is 1.00. The first-order chi connectivity index (χ1) is 15.2. The van der Waals surface area contributed by atoms with Crippen molar-refractivity contribution in [3.8, 4) is 0 Å². The summed E-state index contributed by atoms with van der Waals surface area (Å²) >= 11 is 0. The van der Waals surface area contributed by atoms with E-state index in [2.05, 4.69) is 33.7 Å². The van der Waals surface area contributed by atoms with Crippen LogP contribution >= 0.6 is 0 Å². The van der Waals surface area contributed by atoms with Gasteiger partial charge in [0.05, 0.1) is 12.3 Å². The van der Waals surface area contributed by atoms with Crippen molar-refractivity contribution in [3.05, 3.63) is 0 Å². The molecule has 0 radical (unpaired) electrons. The van der Waals surface area contributed by atoms with E-state index in [0.29, 0.717) is 36.2 Å². The Balaban J connectivity index is 1.21. The maximum absolute atomic E-state index is 6.55. The maximum Gasteiger partial charge on any atom is 0.151 e. The molecule has 0 aromatic carbocycles. The lowest BCUT2D eigenvalue weighted by atomic mass is 9.80. The molecule has 31 heavy (non-hydrogen) atoms. The second-order valence-electron chi connectivity index (χ2n) is 11.0. The third-order valence-corrected chi connectivity index (χ3v) is 8.74. The summed E-state index contributed by atoms with van der Waals surface area (Å²) in [5, 5.41) is 11.9. The Bertz CT molecular complexity index is 580. The number of fused-ring (bicyclic) bond motifs is 1. The Morgan fingerprint density at radius 3 is 2.55 bits per heavy atom. The van der Waals surface area contributed by atoms with E-state index < -0.39 is 0 Å². The van der Waals surface area contributed by atoms with Gasteiger partial charge < -0.3 is 9.47 Å². The van der Waals surface area contributed by atoms with Gasteiger partial charge in [0.15, 0.2) is 6.23 Å². The first-order valence-electron chi connectivity index (χ1n) is 13.2. The Morgan fingerprint density at radius 2 is 1.68 bits per heavy atom. The molecule has 7 heteroatoms. The third kappa shape index (κ3) is 5.29. The van der Waals surface area contributed by atoms with Crippen molar-refractivity contribution in [2.75, 3.05) is 7.11 Å². The van der Waals surface area contributed by atoms with Gasteiger partial charge in [-0.1, -0.05) is 32.6 Å². The number of rotatable bonds is 5. The topological polar surface area (TPSA) is 78.6 Å². The van der Waals surface area contributed by atoms with Crippen molar-refractivity contribution in [1.29, 1.82) is 0 Å². The summed E-state index contributed by atoms with van der Waals surface area (Å²) in [5.74, 6) is 2.09. The molecule has 3 saturated carbocycles. The number of hydrogen-bond donors (Lipinski definition) is 5. The largest absolute Gasteiger partial charge is 0.381 e. The van der Waals surface area contributed by atoms with Crippen molar-refractivity contribution >= 4 is 0 Å². The predicted molar refractivity (Wildman–Crippen MR) is 122 cm³/mol. The highest BCUT2D eigenvalue weighted by Gasteiger charge is 2.44. The average molecular weight is 436 g/mol. The van der Waals surface area contributed by atoms with Crippen LogP contribution in [-0.2, 0) is 9.47 Å². The summed E-state index contributed by atoms with van der Waals surface area (Å²) in [6, 6.07) is 1.11. The van der Waals surface area contributed by atoms with Crippen molar-refractivity contribution in [2.45, 2.75) is 127 Å². The minimum Gasteiger partial charge on any atom is -0.381 e. The Hall–Kier alpha value is -0.280. The fourth-order valence-electron chi connectivity index (χ4n) is 7.01. The molecule has 0 amide bonds. The molecular formula is C24H45N5O2. The van der Waals surface area contributed by atoms with Gasteiger partial charge >= 0.3 is 0 Å². The van der Waals surface area contributed by atoms with Gasteiger partial charge in [0, 0.05) is 31.0 Å². The van der Waals surface area contributed by atoms with Crippen LogP contribution in [0.1, 0.15) is 84.0 Å². The Kier molecular flexibility index (Phi) is 7.50. The summed E-state index contributed by atoms with van der Waals surface area (Å²) in [5.41, 5.74) is 6.97. The second-order valence-corrected chi connectivity index (χ2v) is 11.0. The summed E-state index contributed by atoms with van der Waals surface area (Å²) in [6.45, 7) is 2.38. The van der Waals surface area contributed by atoms with Crippen molar-refractivity contribution in [3.63, 3.8) is 0 Å². The van der Waals surface area contributed by atoms with Crippen molar-refractivity contribution in [2.24, 2.45) is 17.8 Å². The molecule has 7 nitrogen and oxygen atoms in total. The van der Waals surface area contributed by atoms with Gasteiger partial charge in [-0.15, -0.1) is 0 Å². The lowest BCUT2D eigenvalue weighted by molar-refractivity contribution is -0.0536. The van der Waals surface area contributed by atoms with Gasteiger partial charge in [0.2, 0.25) is 0 Å². The van der Waals surface area contributed by atoms with E-state index in [1.807, 2.05) is 7.11 Å². The molecule has 2 heterocycles. The van der Waals surface area contributed by atoms with E-state index in [9.17, 15) is 0 Å². The molecule has 0 aromatic heterocycles. The minimum absolute atomic E-state index is 0.0347. The maximum atomic E-state index is 6.55. The summed E-state index contributed by atoms with van der Waals surface area (Å²) in [6.07, 6.45) is 16.3. The first-order valence-corrected chi connectivity index (χ1v) is 13.2.